The van der Waals surface area contributed by atoms with E-state index in [2.05, 4.69) is 82.1 Å². The summed E-state index contributed by atoms with van der Waals surface area (Å²) in [5, 5.41) is 0. The van der Waals surface area contributed by atoms with E-state index >= 15 is 0 Å². The molecule has 1 saturated carbocycles. The Labute approximate surface area is 169 Å². The lowest BCUT2D eigenvalue weighted by molar-refractivity contribution is 0.247. The van der Waals surface area contributed by atoms with Gasteiger partial charge in [-0.3, -0.25) is 0 Å². The minimum Gasteiger partial charge on any atom is -0.302 e. The molecule has 2 aliphatic carbocycles. The number of allylic oxidation sites excluding steroid dienone is 2. The van der Waals surface area contributed by atoms with Gasteiger partial charge in [-0.05, 0) is 94.2 Å². The smallest absolute Gasteiger partial charge is 0.0136 e. The minimum atomic E-state index is 0.999. The molecule has 132 valence electrons. The molecule has 1 saturated heterocycles. The summed E-state index contributed by atoms with van der Waals surface area (Å²) in [7, 11) is 0. The predicted octanol–water partition coefficient (Wildman–Crippen LogP) is 6.24. The van der Waals surface area contributed by atoms with Gasteiger partial charge in [-0.15, -0.1) is 0 Å². The molecule has 0 N–H and O–H groups in total. The SMILES string of the molecule is Ic1ccc2c(c1)C(=C1CCN(CC3CC3)CC1)C=Cc1ccccc1-2. The molecular weight excluding hydrogens is 429 g/mol. The van der Waals surface area contributed by atoms with E-state index in [1.165, 1.54) is 76.7 Å². The summed E-state index contributed by atoms with van der Waals surface area (Å²) < 4.78 is 1.32. The Balaban J connectivity index is 1.54. The average Bonchev–Trinajstić information content (AvgIpc) is 3.49. The van der Waals surface area contributed by atoms with Crippen molar-refractivity contribution in [2.75, 3.05) is 19.6 Å². The van der Waals surface area contributed by atoms with Crippen molar-refractivity contribution in [3.63, 3.8) is 0 Å². The third-order valence-corrected chi connectivity index (χ3v) is 6.68. The molecule has 0 bridgehead atoms. The Morgan fingerprint density at radius 2 is 1.69 bits per heavy atom. The lowest BCUT2D eigenvalue weighted by Crippen LogP contribution is -2.32. The van der Waals surface area contributed by atoms with Crippen LogP contribution in [-0.4, -0.2) is 24.5 Å². The molecule has 0 aromatic heterocycles. The van der Waals surface area contributed by atoms with Crippen molar-refractivity contribution in [2.45, 2.75) is 25.7 Å². The van der Waals surface area contributed by atoms with Crippen LogP contribution in [0.1, 0.15) is 36.8 Å². The fourth-order valence-electron chi connectivity index (χ4n) is 4.37. The first-order valence-corrected chi connectivity index (χ1v) is 10.9. The molecule has 2 heteroatoms. The lowest BCUT2D eigenvalue weighted by atomic mass is 9.89. The number of hydrogen-bond acceptors (Lipinski definition) is 1. The molecule has 2 fully saturated rings. The Morgan fingerprint density at radius 3 is 2.50 bits per heavy atom. The third-order valence-electron chi connectivity index (χ3n) is 6.01. The van der Waals surface area contributed by atoms with Crippen LogP contribution in [0.4, 0.5) is 0 Å². The first-order chi connectivity index (χ1) is 12.8. The van der Waals surface area contributed by atoms with E-state index in [0.29, 0.717) is 0 Å². The first kappa shape index (κ1) is 16.8. The summed E-state index contributed by atoms with van der Waals surface area (Å²) in [6.07, 6.45) is 10.0. The zero-order valence-corrected chi connectivity index (χ0v) is 17.2. The monoisotopic (exact) mass is 453 g/mol. The van der Waals surface area contributed by atoms with Gasteiger partial charge in [-0.25, -0.2) is 0 Å². The van der Waals surface area contributed by atoms with Gasteiger partial charge in [0.1, 0.15) is 0 Å². The number of rotatable bonds is 2. The van der Waals surface area contributed by atoms with Gasteiger partial charge in [-0.1, -0.05) is 48.1 Å². The highest BCUT2D eigenvalue weighted by molar-refractivity contribution is 14.1. The molecule has 2 aromatic carbocycles. The topological polar surface area (TPSA) is 3.24 Å². The normalized spacial score (nSPS) is 19.9. The maximum Gasteiger partial charge on any atom is 0.0136 e. The number of fused-ring (bicyclic) bond motifs is 3. The summed E-state index contributed by atoms with van der Waals surface area (Å²) in [6.45, 7) is 3.79. The summed E-state index contributed by atoms with van der Waals surface area (Å²) in [6, 6.07) is 15.7. The number of nitrogens with zero attached hydrogens (tertiary/aromatic N) is 1. The van der Waals surface area contributed by atoms with Crippen LogP contribution >= 0.6 is 22.6 Å². The second-order valence-electron chi connectivity index (χ2n) is 7.87. The van der Waals surface area contributed by atoms with Crippen LogP contribution in [-0.2, 0) is 0 Å². The van der Waals surface area contributed by atoms with Gasteiger partial charge in [0.2, 0.25) is 0 Å². The van der Waals surface area contributed by atoms with Gasteiger partial charge in [-0.2, -0.15) is 0 Å². The van der Waals surface area contributed by atoms with E-state index in [1.54, 1.807) is 5.57 Å². The van der Waals surface area contributed by atoms with Crippen molar-refractivity contribution in [3.8, 4) is 11.1 Å². The van der Waals surface area contributed by atoms with E-state index in [-0.39, 0.29) is 0 Å². The molecule has 0 atom stereocenters. The van der Waals surface area contributed by atoms with Crippen molar-refractivity contribution in [2.24, 2.45) is 5.92 Å². The number of hydrogen-bond donors (Lipinski definition) is 0. The van der Waals surface area contributed by atoms with Crippen molar-refractivity contribution >= 4 is 34.2 Å². The van der Waals surface area contributed by atoms with Crippen LogP contribution in [0, 0.1) is 9.49 Å². The van der Waals surface area contributed by atoms with Crippen molar-refractivity contribution in [1.29, 1.82) is 0 Å². The Hall–Kier alpha value is -1.39. The van der Waals surface area contributed by atoms with E-state index < -0.39 is 0 Å². The molecule has 26 heavy (non-hydrogen) atoms. The van der Waals surface area contributed by atoms with Crippen molar-refractivity contribution in [1.82, 2.24) is 4.90 Å². The summed E-state index contributed by atoms with van der Waals surface area (Å²) in [4.78, 5) is 2.69. The third kappa shape index (κ3) is 3.29. The zero-order chi connectivity index (χ0) is 17.5. The summed E-state index contributed by atoms with van der Waals surface area (Å²) >= 11 is 2.45. The fraction of sp³-hybridized carbons (Fsp3) is 0.333. The Kier molecular flexibility index (Phi) is 4.49. The van der Waals surface area contributed by atoms with Crippen LogP contribution < -0.4 is 0 Å². The maximum absolute atomic E-state index is 2.69. The van der Waals surface area contributed by atoms with Gasteiger partial charge in [0.15, 0.2) is 0 Å². The largest absolute Gasteiger partial charge is 0.302 e. The van der Waals surface area contributed by atoms with Crippen LogP contribution in [0.5, 0.6) is 0 Å². The Bertz CT molecular complexity index is 894. The maximum atomic E-state index is 2.69. The van der Waals surface area contributed by atoms with Crippen LogP contribution in [0.3, 0.4) is 0 Å². The molecule has 1 nitrogen and oxygen atoms in total. The molecule has 1 aliphatic heterocycles. The van der Waals surface area contributed by atoms with Gasteiger partial charge in [0.05, 0.1) is 0 Å². The van der Waals surface area contributed by atoms with Crippen molar-refractivity contribution in [3.05, 3.63) is 68.8 Å². The molecule has 5 rings (SSSR count). The van der Waals surface area contributed by atoms with E-state index in [1.807, 2.05) is 0 Å². The number of likely N-dealkylation sites (tertiary alicyclic amines) is 1. The molecule has 1 heterocycles. The quantitative estimate of drug-likeness (QED) is 0.487. The predicted molar refractivity (Wildman–Crippen MR) is 119 cm³/mol. The van der Waals surface area contributed by atoms with Crippen LogP contribution in [0.15, 0.2) is 54.1 Å². The van der Waals surface area contributed by atoms with Crippen molar-refractivity contribution < 1.29 is 0 Å². The Morgan fingerprint density at radius 1 is 0.885 bits per heavy atom. The molecule has 0 spiro atoms. The first-order valence-electron chi connectivity index (χ1n) is 9.80. The van der Waals surface area contributed by atoms with Gasteiger partial charge < -0.3 is 4.90 Å². The number of piperidine rings is 1. The average molecular weight is 453 g/mol. The second kappa shape index (κ2) is 6.97. The number of benzene rings is 2. The van der Waals surface area contributed by atoms with E-state index in [9.17, 15) is 0 Å². The molecule has 0 amide bonds. The molecule has 3 aliphatic rings. The van der Waals surface area contributed by atoms with E-state index in [4.69, 9.17) is 0 Å². The highest BCUT2D eigenvalue weighted by Gasteiger charge is 2.26. The second-order valence-corrected chi connectivity index (χ2v) is 9.12. The standard InChI is InChI=1S/C24H24IN/c25-20-8-10-23-21-4-2-1-3-18(21)7-9-22(24(23)15-20)19-11-13-26(14-12-19)16-17-5-6-17/h1-4,7-10,15,17H,5-6,11-14,16H2. The van der Waals surface area contributed by atoms with Gasteiger partial charge in [0, 0.05) is 23.2 Å². The highest BCUT2D eigenvalue weighted by atomic mass is 127. The lowest BCUT2D eigenvalue weighted by Gasteiger charge is -2.29. The van der Waals surface area contributed by atoms with Crippen LogP contribution in [0.25, 0.3) is 22.8 Å². The van der Waals surface area contributed by atoms with E-state index in [0.717, 1.165) is 5.92 Å². The molecule has 0 radical (unpaired) electrons. The summed E-state index contributed by atoms with van der Waals surface area (Å²) in [5.74, 6) is 0.999. The van der Waals surface area contributed by atoms with Crippen LogP contribution in [0.2, 0.25) is 0 Å². The molecule has 0 unspecified atom stereocenters. The zero-order valence-electron chi connectivity index (χ0n) is 15.0. The molecular formula is C24H24IN. The van der Waals surface area contributed by atoms with Gasteiger partial charge in [0.25, 0.3) is 0 Å². The van der Waals surface area contributed by atoms with Gasteiger partial charge >= 0.3 is 0 Å². The molecule has 2 aromatic rings. The highest BCUT2D eigenvalue weighted by Crippen LogP contribution is 2.40. The fourth-order valence-corrected chi connectivity index (χ4v) is 4.86. The minimum absolute atomic E-state index is 0.999. The summed E-state index contributed by atoms with van der Waals surface area (Å²) in [5.41, 5.74) is 8.61. The number of halogens is 1.